The van der Waals surface area contributed by atoms with Crippen LogP contribution in [0.25, 0.3) is 0 Å². The number of hydrogen-bond donors (Lipinski definition) is 1. The number of rotatable bonds is 3. The first kappa shape index (κ1) is 13.6. The predicted molar refractivity (Wildman–Crippen MR) is 69.7 cm³/mol. The minimum Gasteiger partial charge on any atom is -0.454 e. The highest BCUT2D eigenvalue weighted by Crippen LogP contribution is 2.34. The van der Waals surface area contributed by atoms with E-state index < -0.39 is 26.6 Å². The van der Waals surface area contributed by atoms with Gasteiger partial charge in [-0.15, -0.1) is 0 Å². The highest BCUT2D eigenvalue weighted by molar-refractivity contribution is 7.92. The maximum atomic E-state index is 13.1. The van der Waals surface area contributed by atoms with Gasteiger partial charge in [0, 0.05) is 12.1 Å². The average Bonchev–Trinajstić information content (AvgIpc) is 2.84. The SMILES string of the molecule is O=S(=O)(Nc1ccc2c(c1)OCO2)c1cc(F)cc(F)c1. The van der Waals surface area contributed by atoms with Gasteiger partial charge < -0.3 is 9.47 Å². The molecule has 1 N–H and O–H groups in total. The Hall–Kier alpha value is -2.35. The Kier molecular flexibility index (Phi) is 3.17. The molecule has 5 nitrogen and oxygen atoms in total. The summed E-state index contributed by atoms with van der Waals surface area (Å²) in [6, 6.07) is 6.49. The number of halogens is 2. The van der Waals surface area contributed by atoms with Gasteiger partial charge in [0.1, 0.15) is 11.6 Å². The number of anilines is 1. The van der Waals surface area contributed by atoms with Crippen LogP contribution in [0.4, 0.5) is 14.5 Å². The van der Waals surface area contributed by atoms with E-state index in [1.54, 1.807) is 0 Å². The van der Waals surface area contributed by atoms with Crippen molar-refractivity contribution in [2.24, 2.45) is 0 Å². The van der Waals surface area contributed by atoms with E-state index in [1.165, 1.54) is 18.2 Å². The largest absolute Gasteiger partial charge is 0.454 e. The number of ether oxygens (including phenoxy) is 2. The molecule has 8 heteroatoms. The molecule has 0 unspecified atom stereocenters. The van der Waals surface area contributed by atoms with Gasteiger partial charge in [-0.25, -0.2) is 17.2 Å². The minimum atomic E-state index is -4.10. The molecule has 2 aromatic rings. The molecule has 0 saturated heterocycles. The van der Waals surface area contributed by atoms with Crippen molar-refractivity contribution in [3.8, 4) is 11.5 Å². The van der Waals surface area contributed by atoms with Crippen molar-refractivity contribution in [2.45, 2.75) is 4.90 Å². The normalized spacial score (nSPS) is 13.2. The topological polar surface area (TPSA) is 64.6 Å². The quantitative estimate of drug-likeness (QED) is 0.945. The molecule has 1 aliphatic rings. The van der Waals surface area contributed by atoms with Crippen LogP contribution >= 0.6 is 0 Å². The summed E-state index contributed by atoms with van der Waals surface area (Å²) in [5, 5.41) is 0. The summed E-state index contributed by atoms with van der Waals surface area (Å²) in [6.07, 6.45) is 0. The van der Waals surface area contributed by atoms with Crippen LogP contribution in [0.15, 0.2) is 41.3 Å². The van der Waals surface area contributed by atoms with Gasteiger partial charge in [-0.05, 0) is 24.3 Å². The fraction of sp³-hybridized carbons (Fsp3) is 0.0769. The zero-order valence-electron chi connectivity index (χ0n) is 10.5. The Morgan fingerprint density at radius 2 is 1.62 bits per heavy atom. The Morgan fingerprint density at radius 3 is 2.33 bits per heavy atom. The summed E-state index contributed by atoms with van der Waals surface area (Å²) >= 11 is 0. The van der Waals surface area contributed by atoms with Crippen LogP contribution in [0, 0.1) is 11.6 Å². The summed E-state index contributed by atoms with van der Waals surface area (Å²) in [7, 11) is -4.10. The highest BCUT2D eigenvalue weighted by Gasteiger charge is 2.19. The van der Waals surface area contributed by atoms with E-state index in [2.05, 4.69) is 4.72 Å². The molecule has 1 aliphatic heterocycles. The fourth-order valence-corrected chi connectivity index (χ4v) is 2.95. The van der Waals surface area contributed by atoms with E-state index in [0.29, 0.717) is 17.6 Å². The molecule has 0 aromatic heterocycles. The predicted octanol–water partition coefficient (Wildman–Crippen LogP) is 2.49. The smallest absolute Gasteiger partial charge is 0.262 e. The lowest BCUT2D eigenvalue weighted by Crippen LogP contribution is -2.13. The molecule has 110 valence electrons. The van der Waals surface area contributed by atoms with Crippen LogP contribution in [-0.2, 0) is 10.0 Å². The number of sulfonamides is 1. The Morgan fingerprint density at radius 1 is 0.952 bits per heavy atom. The van der Waals surface area contributed by atoms with Crippen LogP contribution < -0.4 is 14.2 Å². The Bertz CT molecular complexity index is 788. The standard InChI is InChI=1S/C13H9F2NO4S/c14-8-3-9(15)5-11(4-8)21(17,18)16-10-1-2-12-13(6-10)20-7-19-12/h1-6,16H,7H2. The Labute approximate surface area is 119 Å². The van der Waals surface area contributed by atoms with Gasteiger partial charge >= 0.3 is 0 Å². The molecule has 0 bridgehead atoms. The van der Waals surface area contributed by atoms with Crippen molar-refractivity contribution in [1.29, 1.82) is 0 Å². The molecule has 2 aromatic carbocycles. The van der Waals surface area contributed by atoms with Gasteiger partial charge in [0.2, 0.25) is 6.79 Å². The van der Waals surface area contributed by atoms with Crippen molar-refractivity contribution in [3.05, 3.63) is 48.0 Å². The van der Waals surface area contributed by atoms with E-state index in [1.807, 2.05) is 0 Å². The molecule has 3 rings (SSSR count). The summed E-state index contributed by atoms with van der Waals surface area (Å²) in [5.41, 5.74) is 0.198. The summed E-state index contributed by atoms with van der Waals surface area (Å²) in [6.45, 7) is 0.0562. The fourth-order valence-electron chi connectivity index (χ4n) is 1.86. The first-order chi connectivity index (χ1) is 9.94. The maximum Gasteiger partial charge on any atom is 0.262 e. The molecule has 0 spiro atoms. The van der Waals surface area contributed by atoms with Crippen LogP contribution in [0.1, 0.15) is 0 Å². The minimum absolute atomic E-state index is 0.0562. The number of nitrogens with one attached hydrogen (secondary N) is 1. The third-order valence-corrected chi connectivity index (χ3v) is 4.13. The van der Waals surface area contributed by atoms with Crippen LogP contribution in [0.3, 0.4) is 0 Å². The van der Waals surface area contributed by atoms with E-state index in [0.717, 1.165) is 12.1 Å². The van der Waals surface area contributed by atoms with Gasteiger partial charge in [-0.3, -0.25) is 4.72 Å². The molecular weight excluding hydrogens is 304 g/mol. The van der Waals surface area contributed by atoms with Gasteiger partial charge in [0.05, 0.1) is 10.6 Å². The van der Waals surface area contributed by atoms with Gasteiger partial charge in [0.25, 0.3) is 10.0 Å². The zero-order valence-corrected chi connectivity index (χ0v) is 11.3. The summed E-state index contributed by atoms with van der Waals surface area (Å²) < 4.78 is 62.8. The number of hydrogen-bond acceptors (Lipinski definition) is 4. The van der Waals surface area contributed by atoms with Crippen LogP contribution in [0.2, 0.25) is 0 Å². The Balaban J connectivity index is 1.92. The van der Waals surface area contributed by atoms with Crippen molar-refractivity contribution in [3.63, 3.8) is 0 Å². The average molecular weight is 313 g/mol. The molecule has 0 amide bonds. The van der Waals surface area contributed by atoms with E-state index in [9.17, 15) is 17.2 Å². The van der Waals surface area contributed by atoms with E-state index >= 15 is 0 Å². The molecule has 0 radical (unpaired) electrons. The van der Waals surface area contributed by atoms with Gasteiger partial charge in [0.15, 0.2) is 11.5 Å². The van der Waals surface area contributed by atoms with Gasteiger partial charge in [-0.2, -0.15) is 0 Å². The summed E-state index contributed by atoms with van der Waals surface area (Å²) in [4.78, 5) is -0.502. The lowest BCUT2D eigenvalue weighted by Gasteiger charge is -2.09. The lowest BCUT2D eigenvalue weighted by molar-refractivity contribution is 0.174. The number of benzene rings is 2. The van der Waals surface area contributed by atoms with Gasteiger partial charge in [-0.1, -0.05) is 0 Å². The molecule has 0 aliphatic carbocycles. The summed E-state index contributed by atoms with van der Waals surface area (Å²) in [5.74, 6) is -1.06. The van der Waals surface area contributed by atoms with Crippen molar-refractivity contribution in [2.75, 3.05) is 11.5 Å². The second-order valence-electron chi connectivity index (χ2n) is 4.28. The molecular formula is C13H9F2NO4S. The van der Waals surface area contributed by atoms with E-state index in [-0.39, 0.29) is 12.5 Å². The van der Waals surface area contributed by atoms with Crippen molar-refractivity contribution in [1.82, 2.24) is 0 Å². The van der Waals surface area contributed by atoms with E-state index in [4.69, 9.17) is 9.47 Å². The zero-order chi connectivity index (χ0) is 15.0. The number of fused-ring (bicyclic) bond motifs is 1. The second kappa shape index (κ2) is 4.88. The van der Waals surface area contributed by atoms with Crippen LogP contribution in [0.5, 0.6) is 11.5 Å². The lowest BCUT2D eigenvalue weighted by atomic mass is 10.3. The first-order valence-electron chi connectivity index (χ1n) is 5.83. The third kappa shape index (κ3) is 2.75. The van der Waals surface area contributed by atoms with Crippen LogP contribution in [-0.4, -0.2) is 15.2 Å². The third-order valence-electron chi connectivity index (χ3n) is 2.77. The second-order valence-corrected chi connectivity index (χ2v) is 5.96. The molecule has 0 saturated carbocycles. The van der Waals surface area contributed by atoms with Crippen molar-refractivity contribution < 1.29 is 26.7 Å². The highest BCUT2D eigenvalue weighted by atomic mass is 32.2. The monoisotopic (exact) mass is 313 g/mol. The molecule has 21 heavy (non-hydrogen) atoms. The molecule has 1 heterocycles. The molecule has 0 fully saturated rings. The van der Waals surface area contributed by atoms with Crippen molar-refractivity contribution >= 4 is 15.7 Å². The molecule has 0 atom stereocenters. The maximum absolute atomic E-state index is 13.1. The first-order valence-corrected chi connectivity index (χ1v) is 7.31.